The predicted molar refractivity (Wildman–Crippen MR) is 215 cm³/mol. The first-order valence-electron chi connectivity index (χ1n) is 20.5. The molecule has 2 saturated heterocycles. The lowest BCUT2D eigenvalue weighted by Crippen LogP contribution is -2.48. The first-order chi connectivity index (χ1) is 27.6. The molecule has 2 aliphatic heterocycles. The highest BCUT2D eigenvalue weighted by Crippen LogP contribution is 2.47. The summed E-state index contributed by atoms with van der Waals surface area (Å²) in [6.45, 7) is 11.0. The number of carboxylic acids is 1. The number of aliphatic carboxylic acids is 1. The van der Waals surface area contributed by atoms with Crippen LogP contribution in [-0.4, -0.2) is 117 Å². The molecule has 2 heterocycles. The van der Waals surface area contributed by atoms with Gasteiger partial charge in [-0.2, -0.15) is 0 Å². The normalized spacial score (nSPS) is 24.0. The van der Waals surface area contributed by atoms with E-state index in [9.17, 15) is 24.0 Å². The molecule has 7 atom stereocenters. The van der Waals surface area contributed by atoms with Gasteiger partial charge >= 0.3 is 12.1 Å². The van der Waals surface area contributed by atoms with E-state index in [1.54, 1.807) is 7.11 Å². The van der Waals surface area contributed by atoms with E-state index >= 15 is 0 Å². The van der Waals surface area contributed by atoms with Gasteiger partial charge in [-0.1, -0.05) is 43.3 Å². The number of carbonyl (C=O) groups is 5. The Kier molecular flexibility index (Phi) is 15.5. The van der Waals surface area contributed by atoms with Crippen LogP contribution in [0, 0.1) is 5.92 Å². The molecule has 2 fully saturated rings. The van der Waals surface area contributed by atoms with Gasteiger partial charge in [-0.15, -0.1) is 0 Å². The first kappa shape index (κ1) is 44.8. The van der Waals surface area contributed by atoms with Crippen LogP contribution < -0.4 is 21.3 Å². The lowest BCUT2D eigenvalue weighted by atomic mass is 9.88. The van der Waals surface area contributed by atoms with Crippen LogP contribution in [0.1, 0.15) is 103 Å². The molecule has 320 valence electrons. The lowest BCUT2D eigenvalue weighted by molar-refractivity contribution is -0.137. The van der Waals surface area contributed by atoms with E-state index in [1.807, 2.05) is 45.9 Å². The van der Waals surface area contributed by atoms with Crippen LogP contribution in [0.5, 0.6) is 0 Å². The molecule has 0 bridgehead atoms. The Hall–Kier alpha value is -4.31. The molecule has 15 nitrogen and oxygen atoms in total. The number of allylic oxidation sites excluding steroid dienone is 3. The topological polar surface area (TPSA) is 200 Å². The molecule has 5 rings (SSSR count). The zero-order valence-corrected chi connectivity index (χ0v) is 34.7. The van der Waals surface area contributed by atoms with Gasteiger partial charge in [0.2, 0.25) is 17.7 Å². The summed E-state index contributed by atoms with van der Waals surface area (Å²) in [5.74, 6) is -1.79. The Morgan fingerprint density at radius 1 is 0.914 bits per heavy atom. The second kappa shape index (κ2) is 20.1. The maximum absolute atomic E-state index is 13.1. The zero-order valence-electron chi connectivity index (χ0n) is 34.7. The summed E-state index contributed by atoms with van der Waals surface area (Å²) in [5, 5.41) is 20.2. The van der Waals surface area contributed by atoms with Crippen LogP contribution in [0.25, 0.3) is 5.57 Å². The van der Waals surface area contributed by atoms with Gasteiger partial charge in [0, 0.05) is 32.4 Å². The standard InChI is InChI=1S/C43H62N4O11/c1-26-14-15-29-30(22-26)27-10-7-8-11-28(27)31(29)23-57-41(53)47-32(40(52)44-20-17-37(50)51)12-9-13-35(48)45-33-24-55-39-34(25-56-38(33)39)46-36(49)16-18-43(4,5)58-21-19-42(2,3)54-6/h7-8,10-11,14-15,26,31-34,38-39H,9,12-13,16-25H2,1-6H3,(H,44,52)(H,45,48)(H,46,49)(H,47,53)(H,50,51)/t26?,31?,32-,33-,34-,38?,39+/m0/s1. The fourth-order valence-corrected chi connectivity index (χ4v) is 7.85. The molecule has 0 saturated carbocycles. The molecule has 2 aliphatic carbocycles. The fraction of sp³-hybridized carbons (Fsp3) is 0.651. The minimum Gasteiger partial charge on any atom is -0.481 e. The van der Waals surface area contributed by atoms with E-state index in [0.717, 1.165) is 29.5 Å². The second-order valence-corrected chi connectivity index (χ2v) is 17.0. The highest BCUT2D eigenvalue weighted by molar-refractivity contribution is 5.86. The van der Waals surface area contributed by atoms with Crippen molar-refractivity contribution in [3.8, 4) is 0 Å². The third kappa shape index (κ3) is 12.4. The largest absolute Gasteiger partial charge is 0.481 e. The maximum Gasteiger partial charge on any atom is 0.407 e. The highest BCUT2D eigenvalue weighted by Gasteiger charge is 2.48. The van der Waals surface area contributed by atoms with Gasteiger partial charge in [-0.05, 0) is 88.0 Å². The summed E-state index contributed by atoms with van der Waals surface area (Å²) in [7, 11) is 1.67. The number of methoxy groups -OCH3 is 1. The van der Waals surface area contributed by atoms with Crippen LogP contribution in [0.3, 0.4) is 0 Å². The summed E-state index contributed by atoms with van der Waals surface area (Å²) < 4.78 is 29.1. The Morgan fingerprint density at radius 3 is 2.26 bits per heavy atom. The predicted octanol–water partition coefficient (Wildman–Crippen LogP) is 4.15. The van der Waals surface area contributed by atoms with Crippen molar-refractivity contribution in [2.24, 2.45) is 5.92 Å². The van der Waals surface area contributed by atoms with Crippen LogP contribution in [-0.2, 0) is 42.9 Å². The van der Waals surface area contributed by atoms with Crippen molar-refractivity contribution in [1.82, 2.24) is 21.3 Å². The minimum atomic E-state index is -1.07. The summed E-state index contributed by atoms with van der Waals surface area (Å²) in [6, 6.07) is 6.26. The molecule has 4 aliphatic rings. The van der Waals surface area contributed by atoms with E-state index in [1.165, 1.54) is 5.57 Å². The molecule has 0 radical (unpaired) electrons. The number of benzene rings is 1. The molecule has 3 unspecified atom stereocenters. The van der Waals surface area contributed by atoms with Crippen molar-refractivity contribution in [1.29, 1.82) is 0 Å². The summed E-state index contributed by atoms with van der Waals surface area (Å²) >= 11 is 0. The molecule has 0 spiro atoms. The van der Waals surface area contributed by atoms with Gasteiger partial charge in [-0.25, -0.2) is 4.79 Å². The number of nitrogens with one attached hydrogen (secondary N) is 4. The smallest absolute Gasteiger partial charge is 0.407 e. The molecular formula is C43H62N4O11. The van der Waals surface area contributed by atoms with Gasteiger partial charge in [-0.3, -0.25) is 19.2 Å². The monoisotopic (exact) mass is 810 g/mol. The average molecular weight is 811 g/mol. The molecule has 58 heavy (non-hydrogen) atoms. The van der Waals surface area contributed by atoms with Crippen molar-refractivity contribution < 1.29 is 52.8 Å². The van der Waals surface area contributed by atoms with Crippen molar-refractivity contribution in [2.75, 3.05) is 40.1 Å². The Morgan fingerprint density at radius 2 is 1.59 bits per heavy atom. The summed E-state index contributed by atoms with van der Waals surface area (Å²) in [6.07, 6.45) is 5.18. The van der Waals surface area contributed by atoms with Gasteiger partial charge in [0.1, 0.15) is 24.9 Å². The van der Waals surface area contributed by atoms with E-state index in [2.05, 4.69) is 46.4 Å². The SMILES string of the molecule is COC(C)(C)CCOC(C)(C)CCC(=O)N[C@H]1COC2[C@@H](NC(=O)CCC[C@H](NC(=O)OCC3C4=C(CC(C)C=C4)c4ccccc43)C(=O)NCCC(=O)O)CO[C@@H]21. The molecular weight excluding hydrogens is 748 g/mol. The zero-order chi connectivity index (χ0) is 42.0. The van der Waals surface area contributed by atoms with E-state index < -0.39 is 47.9 Å². The fourth-order valence-electron chi connectivity index (χ4n) is 7.85. The van der Waals surface area contributed by atoms with Crippen LogP contribution in [0.15, 0.2) is 42.0 Å². The number of hydrogen-bond acceptors (Lipinski definition) is 10. The summed E-state index contributed by atoms with van der Waals surface area (Å²) in [4.78, 5) is 63.2. The van der Waals surface area contributed by atoms with Crippen molar-refractivity contribution in [3.63, 3.8) is 0 Å². The molecule has 0 aromatic heterocycles. The van der Waals surface area contributed by atoms with Crippen molar-refractivity contribution in [3.05, 3.63) is 53.1 Å². The number of fused-ring (bicyclic) bond motifs is 3. The molecule has 1 aromatic carbocycles. The summed E-state index contributed by atoms with van der Waals surface area (Å²) in [5.41, 5.74) is 3.87. The van der Waals surface area contributed by atoms with Crippen molar-refractivity contribution >= 4 is 35.4 Å². The van der Waals surface area contributed by atoms with Gasteiger partial charge in [0.25, 0.3) is 0 Å². The van der Waals surface area contributed by atoms with Crippen molar-refractivity contribution in [2.45, 2.75) is 133 Å². The molecule has 15 heteroatoms. The quantitative estimate of drug-likeness (QED) is 0.120. The molecule has 4 amide bonds. The Balaban J connectivity index is 1.06. The molecule has 5 N–H and O–H groups in total. The number of amides is 4. The Bertz CT molecular complexity index is 1710. The van der Waals surface area contributed by atoms with Gasteiger partial charge in [0.15, 0.2) is 0 Å². The number of alkyl carbamates (subject to hydrolysis) is 1. The first-order valence-corrected chi connectivity index (χ1v) is 20.5. The number of carboxylic acid groups (broad SMARTS) is 1. The number of rotatable bonds is 21. The minimum absolute atomic E-state index is 0.0467. The van der Waals surface area contributed by atoms with E-state index in [0.29, 0.717) is 18.9 Å². The van der Waals surface area contributed by atoms with Crippen LogP contribution in [0.4, 0.5) is 4.79 Å². The third-order valence-corrected chi connectivity index (χ3v) is 11.5. The van der Waals surface area contributed by atoms with E-state index in [4.69, 9.17) is 28.8 Å². The van der Waals surface area contributed by atoms with Crippen LogP contribution >= 0.6 is 0 Å². The van der Waals surface area contributed by atoms with Gasteiger partial charge < -0.3 is 50.1 Å². The number of carbonyl (C=O) groups excluding carboxylic acids is 4. The average Bonchev–Trinajstić information content (AvgIpc) is 3.85. The van der Waals surface area contributed by atoms with E-state index in [-0.39, 0.29) is 87.8 Å². The van der Waals surface area contributed by atoms with Crippen LogP contribution in [0.2, 0.25) is 0 Å². The lowest BCUT2D eigenvalue weighted by Gasteiger charge is -2.29. The Labute approximate surface area is 341 Å². The number of ether oxygens (including phenoxy) is 5. The number of hydrogen-bond donors (Lipinski definition) is 5. The maximum atomic E-state index is 13.1. The highest BCUT2D eigenvalue weighted by atomic mass is 16.6. The molecule has 1 aromatic rings. The third-order valence-electron chi connectivity index (χ3n) is 11.5. The second-order valence-electron chi connectivity index (χ2n) is 17.0. The van der Waals surface area contributed by atoms with Gasteiger partial charge in [0.05, 0.1) is 49.5 Å².